The van der Waals surface area contributed by atoms with Crippen LogP contribution in [0.4, 0.5) is 5.69 Å². The highest BCUT2D eigenvalue weighted by Crippen LogP contribution is 2.33. The molecule has 8 heteroatoms. The molecule has 0 bridgehead atoms. The number of amides is 1. The van der Waals surface area contributed by atoms with Crippen molar-refractivity contribution in [3.8, 4) is 0 Å². The molecule has 0 atom stereocenters. The molecule has 0 aliphatic heterocycles. The number of hydrogen-bond donors (Lipinski definition) is 2. The van der Waals surface area contributed by atoms with Gasteiger partial charge in [0.1, 0.15) is 0 Å². The minimum Gasteiger partial charge on any atom is -0.324 e. The minimum atomic E-state index is -0.0818. The van der Waals surface area contributed by atoms with Gasteiger partial charge in [-0.15, -0.1) is 5.10 Å². The molecule has 6 nitrogen and oxygen atoms in total. The molecule has 0 saturated heterocycles. The van der Waals surface area contributed by atoms with E-state index >= 15 is 0 Å². The van der Waals surface area contributed by atoms with E-state index < -0.39 is 0 Å². The zero-order valence-electron chi connectivity index (χ0n) is 15.8. The third-order valence-electron chi connectivity index (χ3n) is 4.47. The second-order valence-corrected chi connectivity index (χ2v) is 8.57. The number of benzene rings is 3. The predicted octanol–water partition coefficient (Wildman–Crippen LogP) is 5.09. The van der Waals surface area contributed by atoms with Gasteiger partial charge in [-0.25, -0.2) is 10.1 Å². The quantitative estimate of drug-likeness (QED) is 0.366. The van der Waals surface area contributed by atoms with Crippen LogP contribution in [0.1, 0.15) is 0 Å². The highest BCUT2D eigenvalue weighted by Gasteiger charge is 2.14. The first-order chi connectivity index (χ1) is 14.8. The fourth-order valence-electron chi connectivity index (χ4n) is 3.13. The molecule has 3 aromatic carbocycles. The van der Waals surface area contributed by atoms with Gasteiger partial charge in [-0.05, 0) is 36.4 Å². The second kappa shape index (κ2) is 8.25. The third-order valence-corrected chi connectivity index (χ3v) is 6.49. The summed E-state index contributed by atoms with van der Waals surface area (Å²) in [7, 11) is 0. The van der Waals surface area contributed by atoms with Crippen LogP contribution in [-0.2, 0) is 4.79 Å². The molecule has 0 unspecified atom stereocenters. The topological polar surface area (TPSA) is 75.1 Å². The molecule has 30 heavy (non-hydrogen) atoms. The Morgan fingerprint density at radius 1 is 0.967 bits per heavy atom. The first-order valence-electron chi connectivity index (χ1n) is 9.34. The van der Waals surface area contributed by atoms with Crippen molar-refractivity contribution >= 4 is 51.9 Å². The van der Waals surface area contributed by atoms with E-state index in [1.165, 1.54) is 11.8 Å². The number of carbonyl (C=O) groups excluding carboxylic acids is 1. The number of carbonyl (C=O) groups is 1. The predicted molar refractivity (Wildman–Crippen MR) is 121 cm³/mol. The van der Waals surface area contributed by atoms with E-state index in [2.05, 4.69) is 32.6 Å². The molecule has 0 saturated carbocycles. The van der Waals surface area contributed by atoms with Crippen LogP contribution in [0.2, 0.25) is 0 Å². The minimum absolute atomic E-state index is 0.0818. The van der Waals surface area contributed by atoms with Gasteiger partial charge in [0.25, 0.3) is 0 Å². The number of rotatable bonds is 6. The van der Waals surface area contributed by atoms with Gasteiger partial charge in [-0.3, -0.25) is 9.20 Å². The average Bonchev–Trinajstić information content (AvgIpc) is 3.34. The number of imidazole rings is 1. The van der Waals surface area contributed by atoms with Crippen LogP contribution in [0.15, 0.2) is 93.8 Å². The van der Waals surface area contributed by atoms with E-state index in [9.17, 15) is 4.79 Å². The first kappa shape index (κ1) is 18.8. The molecular weight excluding hydrogens is 414 g/mol. The zero-order valence-corrected chi connectivity index (χ0v) is 17.4. The number of anilines is 1. The number of H-pyrrole nitrogens is 1. The summed E-state index contributed by atoms with van der Waals surface area (Å²) in [4.78, 5) is 19.3. The lowest BCUT2D eigenvalue weighted by molar-refractivity contribution is -0.113. The van der Waals surface area contributed by atoms with Crippen molar-refractivity contribution in [2.75, 3.05) is 11.1 Å². The largest absolute Gasteiger partial charge is 0.324 e. The Balaban J connectivity index is 1.30. The molecule has 1 amide bonds. The highest BCUT2D eigenvalue weighted by molar-refractivity contribution is 8.00. The molecule has 2 aromatic heterocycles. The molecule has 2 N–H and O–H groups in total. The van der Waals surface area contributed by atoms with Crippen LogP contribution in [0.5, 0.6) is 0 Å². The average molecular weight is 432 g/mol. The number of nitrogens with zero attached hydrogens (tertiary/aromatic N) is 3. The first-order valence-corrected chi connectivity index (χ1v) is 11.1. The van der Waals surface area contributed by atoms with Gasteiger partial charge in [0.05, 0.1) is 22.5 Å². The summed E-state index contributed by atoms with van der Waals surface area (Å²) >= 11 is 3.00. The molecule has 0 fully saturated rings. The standard InChI is InChI=1S/C22H17N5OS2/c28-20(23-17-11-5-7-13-19(17)30-15-8-2-1-3-9-15)14-29-22-26-25-21-24-16-10-4-6-12-18(16)27(21)22/h1-13H,14H2,(H,23,28)(H,24,25). The Bertz CT molecular complexity index is 1330. The fraction of sp³-hybridized carbons (Fsp3) is 0.0455. The van der Waals surface area contributed by atoms with Crippen LogP contribution < -0.4 is 5.32 Å². The molecule has 0 aliphatic rings. The summed E-state index contributed by atoms with van der Waals surface area (Å²) in [6.45, 7) is 0. The number of hydrogen-bond acceptors (Lipinski definition) is 5. The fourth-order valence-corrected chi connectivity index (χ4v) is 4.81. The summed E-state index contributed by atoms with van der Waals surface area (Å²) < 4.78 is 1.94. The molecule has 2 heterocycles. The number of para-hydroxylation sites is 3. The van der Waals surface area contributed by atoms with E-state index in [1.807, 2.05) is 71.1 Å². The number of aromatic nitrogens is 4. The Hall–Kier alpha value is -3.23. The molecule has 0 aliphatic carbocycles. The van der Waals surface area contributed by atoms with Crippen LogP contribution in [0, 0.1) is 0 Å². The monoisotopic (exact) mass is 431 g/mol. The molecule has 0 spiro atoms. The van der Waals surface area contributed by atoms with Gasteiger partial charge in [-0.2, -0.15) is 0 Å². The molecule has 5 aromatic rings. The molecule has 0 radical (unpaired) electrons. The van der Waals surface area contributed by atoms with Crippen molar-refractivity contribution < 1.29 is 4.79 Å². The summed E-state index contributed by atoms with van der Waals surface area (Å²) in [5.74, 6) is 0.835. The lowest BCUT2D eigenvalue weighted by atomic mass is 10.3. The maximum atomic E-state index is 12.6. The Kier molecular flexibility index (Phi) is 5.17. The van der Waals surface area contributed by atoms with E-state index in [0.29, 0.717) is 10.9 Å². The van der Waals surface area contributed by atoms with Crippen LogP contribution in [0.25, 0.3) is 16.8 Å². The summed E-state index contributed by atoms with van der Waals surface area (Å²) in [6, 6.07) is 25.8. The lowest BCUT2D eigenvalue weighted by Crippen LogP contribution is -2.14. The van der Waals surface area contributed by atoms with Crippen molar-refractivity contribution in [1.29, 1.82) is 0 Å². The number of aromatic amines is 1. The van der Waals surface area contributed by atoms with E-state index in [0.717, 1.165) is 26.5 Å². The number of nitrogens with one attached hydrogen (secondary N) is 2. The van der Waals surface area contributed by atoms with Crippen LogP contribution in [0.3, 0.4) is 0 Å². The summed E-state index contributed by atoms with van der Waals surface area (Å²) in [5, 5.41) is 11.0. The van der Waals surface area contributed by atoms with E-state index in [1.54, 1.807) is 11.8 Å². The SMILES string of the molecule is O=C(CSc1n[nH]c2nc3ccccc3n12)Nc1ccccc1Sc1ccccc1. The van der Waals surface area contributed by atoms with Gasteiger partial charge in [0.15, 0.2) is 5.16 Å². The lowest BCUT2D eigenvalue weighted by Gasteiger charge is -2.10. The smallest absolute Gasteiger partial charge is 0.234 e. The molecule has 5 rings (SSSR count). The van der Waals surface area contributed by atoms with Gasteiger partial charge in [-0.1, -0.05) is 66.0 Å². The van der Waals surface area contributed by atoms with Gasteiger partial charge >= 0.3 is 0 Å². The molecular formula is C22H17N5OS2. The van der Waals surface area contributed by atoms with Crippen molar-refractivity contribution in [3.63, 3.8) is 0 Å². The van der Waals surface area contributed by atoms with E-state index in [4.69, 9.17) is 0 Å². The summed E-state index contributed by atoms with van der Waals surface area (Å²) in [6.07, 6.45) is 0. The van der Waals surface area contributed by atoms with Gasteiger partial charge in [0.2, 0.25) is 11.7 Å². The van der Waals surface area contributed by atoms with Gasteiger partial charge in [0, 0.05) is 9.79 Å². The second-order valence-electron chi connectivity index (χ2n) is 6.51. The Morgan fingerprint density at radius 3 is 2.63 bits per heavy atom. The van der Waals surface area contributed by atoms with E-state index in [-0.39, 0.29) is 11.7 Å². The number of fused-ring (bicyclic) bond motifs is 3. The highest BCUT2D eigenvalue weighted by atomic mass is 32.2. The van der Waals surface area contributed by atoms with Crippen molar-refractivity contribution in [2.24, 2.45) is 0 Å². The number of thioether (sulfide) groups is 1. The van der Waals surface area contributed by atoms with Crippen LogP contribution in [-0.4, -0.2) is 31.2 Å². The third kappa shape index (κ3) is 3.79. The van der Waals surface area contributed by atoms with Gasteiger partial charge < -0.3 is 5.32 Å². The van der Waals surface area contributed by atoms with Crippen molar-refractivity contribution in [1.82, 2.24) is 19.6 Å². The van der Waals surface area contributed by atoms with Crippen molar-refractivity contribution in [2.45, 2.75) is 14.9 Å². The zero-order chi connectivity index (χ0) is 20.3. The maximum absolute atomic E-state index is 12.6. The van der Waals surface area contributed by atoms with Crippen LogP contribution >= 0.6 is 23.5 Å². The molecule has 148 valence electrons. The normalized spacial score (nSPS) is 11.2. The van der Waals surface area contributed by atoms with Crippen molar-refractivity contribution in [3.05, 3.63) is 78.9 Å². The summed E-state index contributed by atoms with van der Waals surface area (Å²) in [5.41, 5.74) is 2.66. The maximum Gasteiger partial charge on any atom is 0.234 e. The Labute approximate surface area is 181 Å². The Morgan fingerprint density at radius 2 is 1.73 bits per heavy atom.